The van der Waals surface area contributed by atoms with Gasteiger partial charge in [-0.2, -0.15) is 0 Å². The molecule has 4 nitrogen and oxygen atoms in total. The van der Waals surface area contributed by atoms with Crippen LogP contribution in [0.25, 0.3) is 0 Å². The van der Waals surface area contributed by atoms with Gasteiger partial charge in [-0.25, -0.2) is 5.10 Å². The van der Waals surface area contributed by atoms with Crippen LogP contribution in [0.15, 0.2) is 0 Å². The first-order valence-electron chi connectivity index (χ1n) is 7.60. The van der Waals surface area contributed by atoms with E-state index in [0.717, 1.165) is 23.2 Å². The molecule has 2 aliphatic rings. The molecule has 0 bridgehead atoms. The zero-order valence-corrected chi connectivity index (χ0v) is 12.7. The molecule has 0 spiro atoms. The van der Waals surface area contributed by atoms with Crippen LogP contribution in [0.5, 0.6) is 0 Å². The van der Waals surface area contributed by atoms with Crippen molar-refractivity contribution in [3.63, 3.8) is 0 Å². The van der Waals surface area contributed by atoms with E-state index in [1.54, 1.807) is 0 Å². The Kier molecular flexibility index (Phi) is 3.65. The molecule has 2 unspecified atom stereocenters. The number of nitrogens with one attached hydrogen (secondary N) is 1. The van der Waals surface area contributed by atoms with Crippen molar-refractivity contribution in [1.82, 2.24) is 14.8 Å². The minimum atomic E-state index is 0.563. The Hall–Kier alpha value is -0.840. The average Bonchev–Trinajstić information content (AvgIpc) is 2.98. The second-order valence-corrected chi connectivity index (χ2v) is 6.70. The molecule has 1 aromatic rings. The van der Waals surface area contributed by atoms with E-state index in [-0.39, 0.29) is 0 Å². The van der Waals surface area contributed by atoms with Crippen LogP contribution in [0.4, 0.5) is 5.95 Å². The van der Waals surface area contributed by atoms with E-state index in [1.165, 1.54) is 38.5 Å². The monoisotopic (exact) mass is 280 g/mol. The van der Waals surface area contributed by atoms with Crippen molar-refractivity contribution in [3.8, 4) is 0 Å². The summed E-state index contributed by atoms with van der Waals surface area (Å²) in [6.45, 7) is 5.77. The van der Waals surface area contributed by atoms with E-state index in [9.17, 15) is 0 Å². The molecule has 2 heterocycles. The number of piperidine rings is 1. The van der Waals surface area contributed by atoms with Gasteiger partial charge in [-0.1, -0.05) is 19.8 Å². The summed E-state index contributed by atoms with van der Waals surface area (Å²) in [5, 5.41) is 7.55. The van der Waals surface area contributed by atoms with Crippen LogP contribution in [0.3, 0.4) is 0 Å². The number of rotatable bonds is 2. The van der Waals surface area contributed by atoms with Gasteiger partial charge in [0.1, 0.15) is 0 Å². The Morgan fingerprint density at radius 1 is 1.21 bits per heavy atom. The first-order valence-corrected chi connectivity index (χ1v) is 8.01. The largest absolute Gasteiger partial charge is 0.338 e. The standard InChI is InChI=1S/C14H24N4S/c1-10-7-8-17(11(2)9-10)13-15-16-14(19)18(13)12-5-3-4-6-12/h10-12H,3-9H2,1-2H3,(H,16,19). The SMILES string of the molecule is CC1CCN(c2n[nH]c(=S)n2C2CCCC2)C(C)C1. The van der Waals surface area contributed by atoms with Gasteiger partial charge in [0.2, 0.25) is 5.95 Å². The Bertz CT molecular complexity index is 486. The molecular formula is C14H24N4S. The number of hydrogen-bond donors (Lipinski definition) is 1. The van der Waals surface area contributed by atoms with Crippen LogP contribution in [-0.4, -0.2) is 27.4 Å². The van der Waals surface area contributed by atoms with Gasteiger partial charge in [-0.05, 0) is 50.7 Å². The van der Waals surface area contributed by atoms with E-state index in [1.807, 2.05) is 0 Å². The van der Waals surface area contributed by atoms with Crippen LogP contribution in [0, 0.1) is 10.7 Å². The summed E-state index contributed by atoms with van der Waals surface area (Å²) in [7, 11) is 0. The molecule has 2 atom stereocenters. The molecule has 1 saturated heterocycles. The number of H-pyrrole nitrogens is 1. The molecular weight excluding hydrogens is 256 g/mol. The average molecular weight is 280 g/mol. The van der Waals surface area contributed by atoms with Gasteiger partial charge < -0.3 is 4.90 Å². The van der Waals surface area contributed by atoms with Crippen LogP contribution >= 0.6 is 12.2 Å². The zero-order chi connectivity index (χ0) is 13.4. The third kappa shape index (κ3) is 2.45. The van der Waals surface area contributed by atoms with E-state index < -0.39 is 0 Å². The molecule has 0 amide bonds. The number of nitrogens with zero attached hydrogens (tertiary/aromatic N) is 3. The van der Waals surface area contributed by atoms with Gasteiger partial charge in [0.15, 0.2) is 4.77 Å². The van der Waals surface area contributed by atoms with Crippen molar-refractivity contribution < 1.29 is 0 Å². The number of aromatic nitrogens is 3. The summed E-state index contributed by atoms with van der Waals surface area (Å²) < 4.78 is 3.09. The van der Waals surface area contributed by atoms with Gasteiger partial charge >= 0.3 is 0 Å². The lowest BCUT2D eigenvalue weighted by atomic mass is 9.94. The number of aromatic amines is 1. The van der Waals surface area contributed by atoms with E-state index >= 15 is 0 Å². The maximum Gasteiger partial charge on any atom is 0.226 e. The van der Waals surface area contributed by atoms with Crippen molar-refractivity contribution in [2.24, 2.45) is 5.92 Å². The van der Waals surface area contributed by atoms with E-state index in [4.69, 9.17) is 12.2 Å². The normalized spacial score (nSPS) is 29.1. The fraction of sp³-hybridized carbons (Fsp3) is 0.857. The minimum absolute atomic E-state index is 0.563. The third-order valence-electron chi connectivity index (χ3n) is 4.77. The fourth-order valence-electron chi connectivity index (χ4n) is 3.69. The quantitative estimate of drug-likeness (QED) is 0.840. The lowest BCUT2D eigenvalue weighted by Gasteiger charge is -2.37. The van der Waals surface area contributed by atoms with Crippen LogP contribution in [0.1, 0.15) is 58.4 Å². The highest BCUT2D eigenvalue weighted by Crippen LogP contribution is 2.34. The molecule has 0 radical (unpaired) electrons. The van der Waals surface area contributed by atoms with Crippen molar-refractivity contribution in [3.05, 3.63) is 4.77 Å². The Morgan fingerprint density at radius 3 is 2.63 bits per heavy atom. The van der Waals surface area contributed by atoms with Gasteiger partial charge in [0.25, 0.3) is 0 Å². The first-order chi connectivity index (χ1) is 9.16. The molecule has 1 aliphatic heterocycles. The summed E-state index contributed by atoms with van der Waals surface area (Å²) >= 11 is 5.46. The summed E-state index contributed by atoms with van der Waals surface area (Å²) in [5.74, 6) is 1.91. The molecule has 1 saturated carbocycles. The highest BCUT2D eigenvalue weighted by atomic mass is 32.1. The molecule has 19 heavy (non-hydrogen) atoms. The van der Waals surface area contributed by atoms with Gasteiger partial charge in [-0.15, -0.1) is 5.10 Å². The summed E-state index contributed by atoms with van der Waals surface area (Å²) in [5.41, 5.74) is 0. The molecule has 5 heteroatoms. The fourth-order valence-corrected chi connectivity index (χ4v) is 3.97. The predicted molar refractivity (Wildman–Crippen MR) is 80.1 cm³/mol. The lowest BCUT2D eigenvalue weighted by Crippen LogP contribution is -2.42. The topological polar surface area (TPSA) is 36.9 Å². The summed E-state index contributed by atoms with van der Waals surface area (Å²) in [4.78, 5) is 2.45. The number of anilines is 1. The van der Waals surface area contributed by atoms with Crippen LogP contribution < -0.4 is 4.90 Å². The zero-order valence-electron chi connectivity index (χ0n) is 11.9. The maximum atomic E-state index is 5.46. The molecule has 0 aromatic carbocycles. The highest BCUT2D eigenvalue weighted by molar-refractivity contribution is 7.71. The Labute approximate surface area is 120 Å². The Morgan fingerprint density at radius 2 is 1.95 bits per heavy atom. The van der Waals surface area contributed by atoms with Crippen LogP contribution in [0.2, 0.25) is 0 Å². The van der Waals surface area contributed by atoms with Gasteiger partial charge in [0, 0.05) is 18.6 Å². The Balaban J connectivity index is 1.90. The summed E-state index contributed by atoms with van der Waals surface area (Å²) in [6, 6.07) is 1.13. The lowest BCUT2D eigenvalue weighted by molar-refractivity contribution is 0.366. The molecule has 1 aliphatic carbocycles. The minimum Gasteiger partial charge on any atom is -0.338 e. The smallest absolute Gasteiger partial charge is 0.226 e. The van der Waals surface area contributed by atoms with Crippen molar-refractivity contribution in [2.75, 3.05) is 11.4 Å². The summed E-state index contributed by atoms with van der Waals surface area (Å²) in [6.07, 6.45) is 7.66. The second-order valence-electron chi connectivity index (χ2n) is 6.31. The van der Waals surface area contributed by atoms with Crippen molar-refractivity contribution in [1.29, 1.82) is 0 Å². The molecule has 3 rings (SSSR count). The van der Waals surface area contributed by atoms with E-state index in [2.05, 4.69) is 33.5 Å². The third-order valence-corrected chi connectivity index (χ3v) is 5.06. The number of hydrogen-bond acceptors (Lipinski definition) is 3. The van der Waals surface area contributed by atoms with Gasteiger partial charge in [-0.3, -0.25) is 4.57 Å². The second kappa shape index (κ2) is 5.27. The predicted octanol–water partition coefficient (Wildman–Crippen LogP) is 3.68. The molecule has 2 fully saturated rings. The molecule has 1 N–H and O–H groups in total. The molecule has 1 aromatic heterocycles. The van der Waals surface area contributed by atoms with Crippen molar-refractivity contribution >= 4 is 18.2 Å². The van der Waals surface area contributed by atoms with Crippen LogP contribution in [-0.2, 0) is 0 Å². The van der Waals surface area contributed by atoms with Crippen molar-refractivity contribution in [2.45, 2.75) is 64.5 Å². The highest BCUT2D eigenvalue weighted by Gasteiger charge is 2.29. The first kappa shape index (κ1) is 13.2. The maximum absolute atomic E-state index is 5.46. The van der Waals surface area contributed by atoms with E-state index in [0.29, 0.717) is 12.1 Å². The van der Waals surface area contributed by atoms with Gasteiger partial charge in [0.05, 0.1) is 0 Å². The molecule has 106 valence electrons.